The van der Waals surface area contributed by atoms with Gasteiger partial charge >= 0.3 is 0 Å². The third-order valence-corrected chi connectivity index (χ3v) is 5.53. The molecule has 0 N–H and O–H groups in total. The molecule has 3 rings (SSSR count). The molecule has 0 aromatic carbocycles. The second kappa shape index (κ2) is 5.28. The SMILES string of the molecule is CCC1CN2CCCC2CN1c1snc(Cl)c1C#N. The Labute approximate surface area is 122 Å². The maximum absolute atomic E-state index is 9.26. The van der Waals surface area contributed by atoms with Crippen molar-refractivity contribution in [1.82, 2.24) is 9.27 Å². The molecule has 0 aliphatic carbocycles. The number of anilines is 1. The van der Waals surface area contributed by atoms with Crippen molar-refractivity contribution in [1.29, 1.82) is 5.26 Å². The molecule has 0 bridgehead atoms. The molecular formula is C13H17ClN4S. The maximum Gasteiger partial charge on any atom is 0.162 e. The third-order valence-electron chi connectivity index (χ3n) is 4.27. The highest BCUT2D eigenvalue weighted by Crippen LogP contribution is 2.36. The fourth-order valence-corrected chi connectivity index (χ4v) is 4.35. The molecule has 2 aliphatic rings. The van der Waals surface area contributed by atoms with E-state index in [0.717, 1.165) is 24.5 Å². The predicted molar refractivity (Wildman–Crippen MR) is 77.9 cm³/mol. The van der Waals surface area contributed by atoms with Gasteiger partial charge in [-0.2, -0.15) is 9.64 Å². The second-order valence-corrected chi connectivity index (χ2v) is 6.38. The summed E-state index contributed by atoms with van der Waals surface area (Å²) in [7, 11) is 0. The van der Waals surface area contributed by atoms with E-state index in [9.17, 15) is 5.26 Å². The van der Waals surface area contributed by atoms with E-state index < -0.39 is 0 Å². The summed E-state index contributed by atoms with van der Waals surface area (Å²) in [5.41, 5.74) is 0.552. The molecule has 3 heterocycles. The van der Waals surface area contributed by atoms with Crippen LogP contribution in [0, 0.1) is 11.3 Å². The Balaban J connectivity index is 1.91. The third kappa shape index (κ3) is 2.22. The van der Waals surface area contributed by atoms with Crippen LogP contribution in [0.25, 0.3) is 0 Å². The van der Waals surface area contributed by atoms with Crippen LogP contribution in [0.4, 0.5) is 5.00 Å². The minimum atomic E-state index is 0.353. The van der Waals surface area contributed by atoms with Gasteiger partial charge in [0.1, 0.15) is 16.6 Å². The summed E-state index contributed by atoms with van der Waals surface area (Å²) in [6.45, 7) is 5.54. The molecule has 2 atom stereocenters. The number of hydrogen-bond donors (Lipinski definition) is 0. The van der Waals surface area contributed by atoms with E-state index in [2.05, 4.69) is 27.2 Å². The van der Waals surface area contributed by atoms with Gasteiger partial charge in [0.2, 0.25) is 0 Å². The minimum absolute atomic E-state index is 0.353. The summed E-state index contributed by atoms with van der Waals surface area (Å²) < 4.78 is 4.15. The average Bonchev–Trinajstić information content (AvgIpc) is 3.02. The van der Waals surface area contributed by atoms with Crippen molar-refractivity contribution < 1.29 is 0 Å². The Morgan fingerprint density at radius 2 is 2.37 bits per heavy atom. The van der Waals surface area contributed by atoms with Crippen molar-refractivity contribution in [2.45, 2.75) is 38.3 Å². The zero-order valence-corrected chi connectivity index (χ0v) is 12.5. The highest BCUT2D eigenvalue weighted by Gasteiger charge is 2.37. The second-order valence-electron chi connectivity index (χ2n) is 5.27. The number of aromatic nitrogens is 1. The summed E-state index contributed by atoms with van der Waals surface area (Å²) in [6, 6.07) is 3.31. The van der Waals surface area contributed by atoms with Gasteiger partial charge in [-0.05, 0) is 37.3 Å². The van der Waals surface area contributed by atoms with Gasteiger partial charge in [0.25, 0.3) is 0 Å². The molecule has 1 aromatic rings. The van der Waals surface area contributed by atoms with Crippen LogP contribution < -0.4 is 4.90 Å². The number of nitriles is 1. The van der Waals surface area contributed by atoms with E-state index >= 15 is 0 Å². The lowest BCUT2D eigenvalue weighted by Crippen LogP contribution is -2.56. The number of hydrogen-bond acceptors (Lipinski definition) is 5. The standard InChI is InChI=1S/C13H17ClN4S/c1-2-9-7-17-5-3-4-10(17)8-18(9)13-11(6-15)12(14)16-19-13/h9-10H,2-5,7-8H2,1H3. The molecule has 1 aromatic heterocycles. The van der Waals surface area contributed by atoms with Crippen molar-refractivity contribution in [2.75, 3.05) is 24.5 Å². The molecule has 0 saturated carbocycles. The predicted octanol–water partition coefficient (Wildman–Crippen LogP) is 2.73. The Hall–Kier alpha value is -0.830. The van der Waals surface area contributed by atoms with Crippen LogP contribution in [0.3, 0.4) is 0 Å². The first-order valence-corrected chi connectivity index (χ1v) is 7.95. The van der Waals surface area contributed by atoms with Gasteiger partial charge in [-0.15, -0.1) is 0 Å². The maximum atomic E-state index is 9.26. The molecule has 0 spiro atoms. The van der Waals surface area contributed by atoms with Crippen molar-refractivity contribution in [3.63, 3.8) is 0 Å². The molecule has 2 unspecified atom stereocenters. The first-order chi connectivity index (χ1) is 9.24. The fourth-order valence-electron chi connectivity index (χ4n) is 3.24. The number of piperazine rings is 1. The first kappa shape index (κ1) is 13.2. The molecule has 4 nitrogen and oxygen atoms in total. The van der Waals surface area contributed by atoms with Crippen LogP contribution in [0.5, 0.6) is 0 Å². The Bertz CT molecular complexity index is 509. The molecule has 0 amide bonds. The van der Waals surface area contributed by atoms with Gasteiger partial charge in [-0.1, -0.05) is 18.5 Å². The van der Waals surface area contributed by atoms with Gasteiger partial charge in [-0.25, -0.2) is 0 Å². The van der Waals surface area contributed by atoms with E-state index in [0.29, 0.717) is 22.8 Å². The number of halogens is 1. The molecule has 0 radical (unpaired) electrons. The van der Waals surface area contributed by atoms with Gasteiger partial charge in [0, 0.05) is 25.2 Å². The van der Waals surface area contributed by atoms with Crippen LogP contribution in [-0.2, 0) is 0 Å². The molecule has 19 heavy (non-hydrogen) atoms. The monoisotopic (exact) mass is 296 g/mol. The topological polar surface area (TPSA) is 43.2 Å². The average molecular weight is 297 g/mol. The fraction of sp³-hybridized carbons (Fsp3) is 0.692. The lowest BCUT2D eigenvalue weighted by molar-refractivity contribution is 0.195. The molecule has 2 fully saturated rings. The van der Waals surface area contributed by atoms with Crippen LogP contribution in [0.1, 0.15) is 31.7 Å². The van der Waals surface area contributed by atoms with E-state index in [1.54, 1.807) is 0 Å². The molecule has 2 aliphatic heterocycles. The summed E-state index contributed by atoms with van der Waals surface area (Å²) in [5, 5.41) is 10.6. The Kier molecular flexibility index (Phi) is 3.66. The zero-order valence-electron chi connectivity index (χ0n) is 11.0. The first-order valence-electron chi connectivity index (χ1n) is 6.80. The van der Waals surface area contributed by atoms with Crippen molar-refractivity contribution >= 4 is 28.1 Å². The summed E-state index contributed by atoms with van der Waals surface area (Å²) in [4.78, 5) is 4.97. The molecule has 102 valence electrons. The molecular weight excluding hydrogens is 280 g/mol. The quantitative estimate of drug-likeness (QED) is 0.842. The van der Waals surface area contributed by atoms with E-state index in [1.807, 2.05) is 0 Å². The van der Waals surface area contributed by atoms with Crippen LogP contribution >= 0.6 is 23.1 Å². The van der Waals surface area contributed by atoms with Crippen molar-refractivity contribution in [3.05, 3.63) is 10.7 Å². The number of nitrogens with zero attached hydrogens (tertiary/aromatic N) is 4. The van der Waals surface area contributed by atoms with Gasteiger partial charge < -0.3 is 4.90 Å². The van der Waals surface area contributed by atoms with E-state index in [1.165, 1.54) is 30.9 Å². The highest BCUT2D eigenvalue weighted by molar-refractivity contribution is 7.10. The lowest BCUT2D eigenvalue weighted by Gasteiger charge is -2.44. The largest absolute Gasteiger partial charge is 0.355 e. The molecule has 6 heteroatoms. The minimum Gasteiger partial charge on any atom is -0.355 e. The van der Waals surface area contributed by atoms with Crippen molar-refractivity contribution in [2.24, 2.45) is 0 Å². The summed E-state index contributed by atoms with van der Waals surface area (Å²) in [6.07, 6.45) is 3.65. The zero-order chi connectivity index (χ0) is 13.4. The summed E-state index contributed by atoms with van der Waals surface area (Å²) >= 11 is 7.37. The molecule has 2 saturated heterocycles. The Morgan fingerprint density at radius 3 is 3.11 bits per heavy atom. The highest BCUT2D eigenvalue weighted by atomic mass is 35.5. The normalized spacial score (nSPS) is 27.3. The summed E-state index contributed by atoms with van der Waals surface area (Å²) in [5.74, 6) is 0. The van der Waals surface area contributed by atoms with Crippen LogP contribution in [0.2, 0.25) is 5.15 Å². The lowest BCUT2D eigenvalue weighted by atomic mass is 10.1. The number of fused-ring (bicyclic) bond motifs is 1. The number of rotatable bonds is 2. The smallest absolute Gasteiger partial charge is 0.162 e. The van der Waals surface area contributed by atoms with Crippen molar-refractivity contribution in [3.8, 4) is 6.07 Å². The van der Waals surface area contributed by atoms with Gasteiger partial charge in [-0.3, -0.25) is 4.90 Å². The van der Waals surface area contributed by atoms with E-state index in [-0.39, 0.29) is 0 Å². The van der Waals surface area contributed by atoms with E-state index in [4.69, 9.17) is 11.6 Å². The Morgan fingerprint density at radius 1 is 1.53 bits per heavy atom. The van der Waals surface area contributed by atoms with Gasteiger partial charge in [0.05, 0.1) is 0 Å². The van der Waals surface area contributed by atoms with Crippen LogP contribution in [-0.4, -0.2) is 41.0 Å². The van der Waals surface area contributed by atoms with Crippen LogP contribution in [0.15, 0.2) is 0 Å². The van der Waals surface area contributed by atoms with Gasteiger partial charge in [0.15, 0.2) is 5.15 Å².